The molecular weight excluding hydrogens is 288 g/mol. The van der Waals surface area contributed by atoms with Crippen LogP contribution in [0, 0.1) is 6.92 Å². The van der Waals surface area contributed by atoms with E-state index in [1.165, 1.54) is 6.26 Å². The van der Waals surface area contributed by atoms with Crippen molar-refractivity contribution in [2.24, 2.45) is 5.73 Å². The van der Waals surface area contributed by atoms with Gasteiger partial charge in [0, 0.05) is 25.4 Å². The average Bonchev–Trinajstić information content (AvgIpc) is 2.40. The van der Waals surface area contributed by atoms with Gasteiger partial charge in [0.05, 0.1) is 11.4 Å². The van der Waals surface area contributed by atoms with Crippen LogP contribution in [-0.4, -0.2) is 46.2 Å². The van der Waals surface area contributed by atoms with Crippen molar-refractivity contribution in [2.75, 3.05) is 36.6 Å². The van der Waals surface area contributed by atoms with Crippen LogP contribution in [0.4, 0.5) is 5.69 Å². The largest absolute Gasteiger partial charge is 0.490 e. The van der Waals surface area contributed by atoms with Crippen LogP contribution in [0.5, 0.6) is 5.75 Å². The molecule has 6 heteroatoms. The van der Waals surface area contributed by atoms with Crippen molar-refractivity contribution in [2.45, 2.75) is 25.8 Å². The molecule has 0 amide bonds. The van der Waals surface area contributed by atoms with Gasteiger partial charge in [-0.05, 0) is 37.5 Å². The van der Waals surface area contributed by atoms with Crippen LogP contribution in [0.3, 0.4) is 0 Å². The molecule has 118 valence electrons. The SMILES string of the molecule is Cc1ccc(OCCS(C)(=O)=O)c(N2CCC(N)CC2)c1. The fraction of sp³-hybridized carbons (Fsp3) is 0.600. The monoisotopic (exact) mass is 312 g/mol. The molecule has 0 bridgehead atoms. The maximum Gasteiger partial charge on any atom is 0.150 e. The van der Waals surface area contributed by atoms with Crippen LogP contribution in [0.15, 0.2) is 18.2 Å². The number of ether oxygens (including phenoxy) is 1. The van der Waals surface area contributed by atoms with Gasteiger partial charge < -0.3 is 15.4 Å². The van der Waals surface area contributed by atoms with Crippen molar-refractivity contribution >= 4 is 15.5 Å². The number of nitrogens with zero attached hydrogens (tertiary/aromatic N) is 1. The average molecular weight is 312 g/mol. The van der Waals surface area contributed by atoms with Crippen molar-refractivity contribution in [1.29, 1.82) is 0 Å². The van der Waals surface area contributed by atoms with Gasteiger partial charge in [-0.3, -0.25) is 0 Å². The van der Waals surface area contributed by atoms with E-state index in [9.17, 15) is 8.42 Å². The summed E-state index contributed by atoms with van der Waals surface area (Å²) >= 11 is 0. The normalized spacial score (nSPS) is 17.0. The standard InChI is InChI=1S/C15H24N2O3S/c1-12-3-4-15(20-9-10-21(2,18)19)14(11-12)17-7-5-13(16)6-8-17/h3-4,11,13H,5-10,16H2,1-2H3. The highest BCUT2D eigenvalue weighted by atomic mass is 32.2. The molecule has 2 N–H and O–H groups in total. The number of piperidine rings is 1. The van der Waals surface area contributed by atoms with E-state index in [0.717, 1.165) is 42.9 Å². The quantitative estimate of drug-likeness (QED) is 0.888. The Morgan fingerprint density at radius 1 is 1.33 bits per heavy atom. The van der Waals surface area contributed by atoms with Crippen LogP contribution in [0.1, 0.15) is 18.4 Å². The van der Waals surface area contributed by atoms with Crippen molar-refractivity contribution < 1.29 is 13.2 Å². The highest BCUT2D eigenvalue weighted by Crippen LogP contribution is 2.31. The maximum absolute atomic E-state index is 11.2. The van der Waals surface area contributed by atoms with Crippen LogP contribution >= 0.6 is 0 Å². The second kappa shape index (κ2) is 6.66. The number of anilines is 1. The van der Waals surface area contributed by atoms with Gasteiger partial charge in [-0.15, -0.1) is 0 Å². The second-order valence-corrected chi connectivity index (χ2v) is 8.03. The Balaban J connectivity index is 2.10. The molecule has 0 aliphatic carbocycles. The van der Waals surface area contributed by atoms with E-state index < -0.39 is 9.84 Å². The number of sulfone groups is 1. The highest BCUT2D eigenvalue weighted by molar-refractivity contribution is 7.90. The van der Waals surface area contributed by atoms with E-state index in [-0.39, 0.29) is 18.4 Å². The summed E-state index contributed by atoms with van der Waals surface area (Å²) in [5, 5.41) is 0. The van der Waals surface area contributed by atoms with Gasteiger partial charge in [0.2, 0.25) is 0 Å². The third-order valence-electron chi connectivity index (χ3n) is 3.71. The van der Waals surface area contributed by atoms with E-state index >= 15 is 0 Å². The molecule has 0 aromatic heterocycles. The Kier molecular flexibility index (Phi) is 5.11. The van der Waals surface area contributed by atoms with Crippen molar-refractivity contribution in [3.8, 4) is 5.75 Å². The van der Waals surface area contributed by atoms with E-state index in [2.05, 4.69) is 11.0 Å². The van der Waals surface area contributed by atoms with E-state index in [4.69, 9.17) is 10.5 Å². The Morgan fingerprint density at radius 3 is 2.62 bits per heavy atom. The minimum atomic E-state index is -3.00. The first-order chi connectivity index (χ1) is 9.85. The van der Waals surface area contributed by atoms with Gasteiger partial charge >= 0.3 is 0 Å². The highest BCUT2D eigenvalue weighted by Gasteiger charge is 2.19. The number of nitrogens with two attached hydrogens (primary N) is 1. The molecule has 0 atom stereocenters. The Hall–Kier alpha value is -1.27. The molecule has 0 saturated carbocycles. The van der Waals surface area contributed by atoms with Crippen molar-refractivity contribution in [1.82, 2.24) is 0 Å². The second-order valence-electron chi connectivity index (χ2n) is 5.77. The fourth-order valence-electron chi connectivity index (χ4n) is 2.44. The van der Waals surface area contributed by atoms with Gasteiger partial charge in [0.25, 0.3) is 0 Å². The minimum Gasteiger partial charge on any atom is -0.490 e. The molecule has 2 rings (SSSR count). The van der Waals surface area contributed by atoms with E-state index in [1.54, 1.807) is 0 Å². The summed E-state index contributed by atoms with van der Waals surface area (Å²) < 4.78 is 28.1. The molecule has 1 aromatic carbocycles. The summed E-state index contributed by atoms with van der Waals surface area (Å²) in [6.07, 6.45) is 3.16. The molecule has 1 aliphatic rings. The molecule has 1 saturated heterocycles. The zero-order valence-electron chi connectivity index (χ0n) is 12.7. The zero-order chi connectivity index (χ0) is 15.5. The van der Waals surface area contributed by atoms with Crippen molar-refractivity contribution in [3.05, 3.63) is 23.8 Å². The summed E-state index contributed by atoms with van der Waals surface area (Å²) in [6, 6.07) is 6.27. The first-order valence-corrected chi connectivity index (χ1v) is 9.33. The number of aryl methyl sites for hydroxylation is 1. The molecule has 0 spiro atoms. The van der Waals surface area contributed by atoms with E-state index in [1.807, 2.05) is 19.1 Å². The van der Waals surface area contributed by atoms with Gasteiger partial charge in [0.1, 0.15) is 12.4 Å². The summed E-state index contributed by atoms with van der Waals surface area (Å²) in [6.45, 7) is 4.04. The van der Waals surface area contributed by atoms with Crippen LogP contribution < -0.4 is 15.4 Å². The molecule has 1 aliphatic heterocycles. The zero-order valence-corrected chi connectivity index (χ0v) is 13.5. The number of hydrogen-bond acceptors (Lipinski definition) is 5. The first kappa shape index (κ1) is 16.1. The summed E-state index contributed by atoms with van der Waals surface area (Å²) in [4.78, 5) is 2.27. The van der Waals surface area contributed by atoms with Crippen LogP contribution in [0.2, 0.25) is 0 Å². The van der Waals surface area contributed by atoms with E-state index in [0.29, 0.717) is 0 Å². The lowest BCUT2D eigenvalue weighted by atomic mass is 10.0. The molecule has 0 radical (unpaired) electrons. The third-order valence-corrected chi connectivity index (χ3v) is 4.61. The topological polar surface area (TPSA) is 72.6 Å². The maximum atomic E-state index is 11.2. The van der Waals surface area contributed by atoms with Gasteiger partial charge in [-0.2, -0.15) is 0 Å². The lowest BCUT2D eigenvalue weighted by Crippen LogP contribution is -2.39. The summed E-state index contributed by atoms with van der Waals surface area (Å²) in [5.74, 6) is 0.783. The van der Waals surface area contributed by atoms with Gasteiger partial charge in [-0.1, -0.05) is 6.07 Å². The Bertz CT molecular complexity index is 579. The van der Waals surface area contributed by atoms with Gasteiger partial charge in [-0.25, -0.2) is 8.42 Å². The lowest BCUT2D eigenvalue weighted by molar-refractivity contribution is 0.340. The Morgan fingerprint density at radius 2 is 2.00 bits per heavy atom. The summed E-state index contributed by atoms with van der Waals surface area (Å²) in [5.41, 5.74) is 8.15. The lowest BCUT2D eigenvalue weighted by Gasteiger charge is -2.33. The van der Waals surface area contributed by atoms with Crippen molar-refractivity contribution in [3.63, 3.8) is 0 Å². The molecule has 21 heavy (non-hydrogen) atoms. The molecule has 1 fully saturated rings. The van der Waals surface area contributed by atoms with Crippen LogP contribution in [-0.2, 0) is 9.84 Å². The van der Waals surface area contributed by atoms with Gasteiger partial charge in [0.15, 0.2) is 9.84 Å². The molecule has 0 unspecified atom stereocenters. The van der Waals surface area contributed by atoms with Crippen LogP contribution in [0.25, 0.3) is 0 Å². The number of hydrogen-bond donors (Lipinski definition) is 1. The molecule has 1 aromatic rings. The Labute approximate surface area is 127 Å². The minimum absolute atomic E-state index is 0.0329. The number of rotatable bonds is 5. The third kappa shape index (κ3) is 4.89. The smallest absolute Gasteiger partial charge is 0.150 e. The molecule has 1 heterocycles. The molecular formula is C15H24N2O3S. The summed E-state index contributed by atoms with van der Waals surface area (Å²) in [7, 11) is -3.00. The first-order valence-electron chi connectivity index (χ1n) is 7.27. The predicted octanol–water partition coefficient (Wildman–Crippen LogP) is 1.35. The fourth-order valence-corrected chi connectivity index (χ4v) is 2.83. The predicted molar refractivity (Wildman–Crippen MR) is 85.8 cm³/mol. The number of benzene rings is 1. The molecule has 5 nitrogen and oxygen atoms in total.